The van der Waals surface area contributed by atoms with Gasteiger partial charge in [-0.25, -0.2) is 4.79 Å². The number of nitrogens with zero attached hydrogens (tertiary/aromatic N) is 1. The minimum Gasteiger partial charge on any atom is -0.351 e. The van der Waals surface area contributed by atoms with E-state index in [1.807, 2.05) is 37.3 Å². The molecule has 0 spiro atoms. The van der Waals surface area contributed by atoms with Crippen LogP contribution in [-0.2, 0) is 5.54 Å². The van der Waals surface area contributed by atoms with E-state index in [1.54, 1.807) is 4.90 Å². The summed E-state index contributed by atoms with van der Waals surface area (Å²) in [6.07, 6.45) is 0. The fourth-order valence-electron chi connectivity index (χ4n) is 2.27. The van der Waals surface area contributed by atoms with Crippen molar-refractivity contribution in [2.24, 2.45) is 5.73 Å². The van der Waals surface area contributed by atoms with Gasteiger partial charge in [0.05, 0.1) is 5.54 Å². The van der Waals surface area contributed by atoms with Crippen molar-refractivity contribution < 1.29 is 4.79 Å². The summed E-state index contributed by atoms with van der Waals surface area (Å²) in [5.41, 5.74) is 6.21. The maximum absolute atomic E-state index is 11.5. The van der Waals surface area contributed by atoms with Crippen LogP contribution < -0.4 is 11.1 Å². The van der Waals surface area contributed by atoms with Crippen molar-refractivity contribution in [3.63, 3.8) is 0 Å². The molecule has 1 unspecified atom stereocenters. The lowest BCUT2D eigenvalue weighted by atomic mass is 9.88. The van der Waals surface area contributed by atoms with Crippen LogP contribution in [0.4, 0.5) is 4.79 Å². The Hall–Kier alpha value is -1.55. The molecule has 1 aliphatic rings. The van der Waals surface area contributed by atoms with Crippen LogP contribution in [0.5, 0.6) is 0 Å². The molecular weight excluding hydrogens is 202 g/mol. The second-order valence-corrected chi connectivity index (χ2v) is 4.31. The highest BCUT2D eigenvalue weighted by molar-refractivity contribution is 5.73. The number of piperazine rings is 1. The quantitative estimate of drug-likeness (QED) is 0.737. The number of nitrogens with one attached hydrogen (secondary N) is 1. The molecule has 1 fully saturated rings. The highest BCUT2D eigenvalue weighted by Gasteiger charge is 2.37. The Kier molecular flexibility index (Phi) is 2.83. The van der Waals surface area contributed by atoms with Crippen LogP contribution in [0.3, 0.4) is 0 Å². The smallest absolute Gasteiger partial charge is 0.315 e. The monoisotopic (exact) mass is 219 g/mol. The zero-order chi connectivity index (χ0) is 11.6. The van der Waals surface area contributed by atoms with Gasteiger partial charge in [-0.2, -0.15) is 0 Å². The molecule has 0 saturated carbocycles. The van der Waals surface area contributed by atoms with Crippen LogP contribution in [-0.4, -0.2) is 30.6 Å². The van der Waals surface area contributed by atoms with Crippen molar-refractivity contribution in [1.29, 1.82) is 0 Å². The molecule has 1 aromatic rings. The first-order valence-electron chi connectivity index (χ1n) is 5.48. The van der Waals surface area contributed by atoms with Crippen molar-refractivity contribution in [3.8, 4) is 0 Å². The summed E-state index contributed by atoms with van der Waals surface area (Å²) < 4.78 is 0. The van der Waals surface area contributed by atoms with E-state index in [0.29, 0.717) is 6.54 Å². The summed E-state index contributed by atoms with van der Waals surface area (Å²) >= 11 is 0. The third-order valence-electron chi connectivity index (χ3n) is 3.24. The van der Waals surface area contributed by atoms with E-state index in [4.69, 9.17) is 5.73 Å². The van der Waals surface area contributed by atoms with E-state index in [9.17, 15) is 4.79 Å². The number of urea groups is 1. The summed E-state index contributed by atoms with van der Waals surface area (Å²) in [7, 11) is 0. The molecule has 16 heavy (non-hydrogen) atoms. The number of rotatable bonds is 1. The molecule has 1 heterocycles. The van der Waals surface area contributed by atoms with Gasteiger partial charge in [-0.15, -0.1) is 0 Å². The molecule has 2 rings (SSSR count). The van der Waals surface area contributed by atoms with Gasteiger partial charge in [-0.05, 0) is 12.5 Å². The molecule has 1 atom stereocenters. The van der Waals surface area contributed by atoms with E-state index >= 15 is 0 Å². The molecule has 2 amide bonds. The molecule has 86 valence electrons. The first kappa shape index (κ1) is 11.0. The zero-order valence-corrected chi connectivity index (χ0v) is 9.44. The third-order valence-corrected chi connectivity index (χ3v) is 3.24. The van der Waals surface area contributed by atoms with Gasteiger partial charge in [0.15, 0.2) is 0 Å². The third kappa shape index (κ3) is 1.76. The number of carbonyl (C=O) groups is 1. The molecule has 0 radical (unpaired) electrons. The minimum atomic E-state index is -0.354. The Bertz CT molecular complexity index is 379. The molecule has 1 aliphatic heterocycles. The van der Waals surface area contributed by atoms with E-state index < -0.39 is 0 Å². The van der Waals surface area contributed by atoms with Crippen molar-refractivity contribution >= 4 is 6.03 Å². The van der Waals surface area contributed by atoms with Crippen LogP contribution in [0, 0.1) is 0 Å². The van der Waals surface area contributed by atoms with Crippen LogP contribution in [0.1, 0.15) is 12.5 Å². The molecule has 0 aliphatic carbocycles. The normalized spacial score (nSPS) is 25.4. The average Bonchev–Trinajstić information content (AvgIpc) is 2.30. The zero-order valence-electron chi connectivity index (χ0n) is 9.44. The van der Waals surface area contributed by atoms with Crippen LogP contribution >= 0.6 is 0 Å². The molecule has 3 N–H and O–H groups in total. The lowest BCUT2D eigenvalue weighted by molar-refractivity contribution is 0.106. The second-order valence-electron chi connectivity index (χ2n) is 4.31. The van der Waals surface area contributed by atoms with Crippen LogP contribution in [0.2, 0.25) is 0 Å². The maximum Gasteiger partial charge on any atom is 0.315 e. The lowest BCUT2D eigenvalue weighted by Crippen LogP contribution is -2.60. The summed E-state index contributed by atoms with van der Waals surface area (Å²) in [5.74, 6) is 0. The Balaban J connectivity index is 2.37. The SMILES string of the molecule is CC1(c2ccccc2)CNCCN1C(N)=O. The highest BCUT2D eigenvalue weighted by Crippen LogP contribution is 2.28. The second kappa shape index (κ2) is 4.14. The summed E-state index contributed by atoms with van der Waals surface area (Å²) in [6, 6.07) is 9.64. The van der Waals surface area contributed by atoms with Crippen molar-refractivity contribution in [1.82, 2.24) is 10.2 Å². The van der Waals surface area contributed by atoms with Gasteiger partial charge in [-0.1, -0.05) is 30.3 Å². The number of carbonyl (C=O) groups excluding carboxylic acids is 1. The van der Waals surface area contributed by atoms with E-state index in [0.717, 1.165) is 18.7 Å². The Morgan fingerprint density at radius 3 is 2.75 bits per heavy atom. The van der Waals surface area contributed by atoms with Crippen molar-refractivity contribution in [2.75, 3.05) is 19.6 Å². The van der Waals surface area contributed by atoms with E-state index in [-0.39, 0.29) is 11.6 Å². The Morgan fingerprint density at radius 1 is 1.44 bits per heavy atom. The first-order valence-corrected chi connectivity index (χ1v) is 5.48. The summed E-state index contributed by atoms with van der Waals surface area (Å²) in [6.45, 7) is 4.23. The molecule has 0 bridgehead atoms. The number of amides is 2. The molecule has 1 saturated heterocycles. The average molecular weight is 219 g/mol. The Labute approximate surface area is 95.4 Å². The summed E-state index contributed by atoms with van der Waals surface area (Å²) in [5, 5.41) is 3.31. The topological polar surface area (TPSA) is 58.4 Å². The number of hydrogen-bond donors (Lipinski definition) is 2. The number of benzene rings is 1. The van der Waals surface area contributed by atoms with Gasteiger partial charge < -0.3 is 16.0 Å². The minimum absolute atomic E-state index is 0.342. The van der Waals surface area contributed by atoms with Crippen molar-refractivity contribution in [3.05, 3.63) is 35.9 Å². The van der Waals surface area contributed by atoms with Crippen molar-refractivity contribution in [2.45, 2.75) is 12.5 Å². The van der Waals surface area contributed by atoms with Gasteiger partial charge in [0.1, 0.15) is 0 Å². The van der Waals surface area contributed by atoms with Crippen LogP contribution in [0.25, 0.3) is 0 Å². The molecule has 4 nitrogen and oxygen atoms in total. The van der Waals surface area contributed by atoms with E-state index in [2.05, 4.69) is 5.32 Å². The predicted molar refractivity (Wildman–Crippen MR) is 63.0 cm³/mol. The fraction of sp³-hybridized carbons (Fsp3) is 0.417. The standard InChI is InChI=1S/C12H17N3O/c1-12(10-5-3-2-4-6-10)9-14-7-8-15(12)11(13)16/h2-6,14H,7-9H2,1H3,(H2,13,16). The highest BCUT2D eigenvalue weighted by atomic mass is 16.2. The maximum atomic E-state index is 11.5. The van der Waals surface area contributed by atoms with Gasteiger partial charge in [0.2, 0.25) is 0 Å². The number of nitrogens with two attached hydrogens (primary N) is 1. The van der Waals surface area contributed by atoms with Gasteiger partial charge in [0.25, 0.3) is 0 Å². The van der Waals surface area contributed by atoms with Crippen LogP contribution in [0.15, 0.2) is 30.3 Å². The largest absolute Gasteiger partial charge is 0.351 e. The fourth-order valence-corrected chi connectivity index (χ4v) is 2.27. The molecule has 0 aromatic heterocycles. The summed E-state index contributed by atoms with van der Waals surface area (Å²) in [4.78, 5) is 13.2. The molecule has 1 aromatic carbocycles. The number of primary amides is 1. The van der Waals surface area contributed by atoms with Gasteiger partial charge >= 0.3 is 6.03 Å². The predicted octanol–water partition coefficient (Wildman–Crippen LogP) is 0.886. The Morgan fingerprint density at radius 2 is 2.12 bits per heavy atom. The van der Waals surface area contributed by atoms with Gasteiger partial charge in [-0.3, -0.25) is 0 Å². The van der Waals surface area contributed by atoms with E-state index in [1.165, 1.54) is 0 Å². The first-order chi connectivity index (χ1) is 7.64. The molecule has 4 heteroatoms. The lowest BCUT2D eigenvalue weighted by Gasteiger charge is -2.44. The van der Waals surface area contributed by atoms with Gasteiger partial charge in [0, 0.05) is 19.6 Å². The number of hydrogen-bond acceptors (Lipinski definition) is 2. The molecular formula is C12H17N3O.